The van der Waals surface area contributed by atoms with Gasteiger partial charge in [-0.15, -0.1) is 0 Å². The van der Waals surface area contributed by atoms with E-state index in [0.717, 1.165) is 11.0 Å². The smallest absolute Gasteiger partial charge is 0.399 e. The SMILES string of the molecule is Cc1cc(B2OC(C)(C)C(C)(C)O2)cc(C(C)(O)CO)c1. The van der Waals surface area contributed by atoms with Crippen LogP contribution in [0.1, 0.15) is 45.7 Å². The van der Waals surface area contributed by atoms with Gasteiger partial charge in [0, 0.05) is 0 Å². The minimum atomic E-state index is -1.27. The number of rotatable bonds is 3. The van der Waals surface area contributed by atoms with E-state index < -0.39 is 23.9 Å². The molecule has 0 saturated carbocycles. The molecule has 0 bridgehead atoms. The zero-order valence-corrected chi connectivity index (χ0v) is 13.7. The van der Waals surface area contributed by atoms with Crippen molar-refractivity contribution in [1.82, 2.24) is 0 Å². The number of aryl methyl sites for hydroxylation is 1. The van der Waals surface area contributed by atoms with Gasteiger partial charge in [0.25, 0.3) is 0 Å². The van der Waals surface area contributed by atoms with Crippen molar-refractivity contribution in [3.63, 3.8) is 0 Å². The van der Waals surface area contributed by atoms with E-state index in [4.69, 9.17) is 9.31 Å². The first-order valence-electron chi connectivity index (χ1n) is 7.29. The molecule has 116 valence electrons. The summed E-state index contributed by atoms with van der Waals surface area (Å²) in [6, 6.07) is 5.69. The van der Waals surface area contributed by atoms with Crippen LogP contribution in [0.3, 0.4) is 0 Å². The molecular weight excluding hydrogens is 267 g/mol. The van der Waals surface area contributed by atoms with Gasteiger partial charge in [0.1, 0.15) is 5.60 Å². The number of benzene rings is 1. The maximum absolute atomic E-state index is 10.3. The molecule has 0 spiro atoms. The van der Waals surface area contributed by atoms with Crippen LogP contribution in [0.2, 0.25) is 0 Å². The summed E-state index contributed by atoms with van der Waals surface area (Å²) >= 11 is 0. The molecule has 1 atom stereocenters. The van der Waals surface area contributed by atoms with Gasteiger partial charge in [-0.2, -0.15) is 0 Å². The molecule has 0 radical (unpaired) electrons. The average Bonchev–Trinajstić information content (AvgIpc) is 2.58. The number of aliphatic hydroxyl groups is 2. The highest BCUT2D eigenvalue weighted by molar-refractivity contribution is 6.62. The molecule has 1 aromatic carbocycles. The Kier molecular flexibility index (Phi) is 4.00. The highest BCUT2D eigenvalue weighted by atomic mass is 16.7. The quantitative estimate of drug-likeness (QED) is 0.829. The van der Waals surface area contributed by atoms with Crippen LogP contribution in [0, 0.1) is 6.92 Å². The highest BCUT2D eigenvalue weighted by Gasteiger charge is 2.51. The molecule has 1 fully saturated rings. The van der Waals surface area contributed by atoms with Crippen LogP contribution in [0.15, 0.2) is 18.2 Å². The Bertz CT molecular complexity index is 521. The maximum Gasteiger partial charge on any atom is 0.494 e. The summed E-state index contributed by atoms with van der Waals surface area (Å²) in [6.45, 7) is 11.2. The van der Waals surface area contributed by atoms with Gasteiger partial charge in [-0.3, -0.25) is 0 Å². The van der Waals surface area contributed by atoms with Gasteiger partial charge >= 0.3 is 7.12 Å². The standard InChI is InChI=1S/C16H25BO4/c1-11-7-12(16(6,19)10-18)9-13(8-11)17-20-14(2,3)15(4,5)21-17/h7-9,18-19H,10H2,1-6H3. The van der Waals surface area contributed by atoms with Crippen molar-refractivity contribution in [1.29, 1.82) is 0 Å². The van der Waals surface area contributed by atoms with Crippen molar-refractivity contribution in [3.8, 4) is 0 Å². The maximum atomic E-state index is 10.3. The topological polar surface area (TPSA) is 58.9 Å². The molecule has 1 aromatic rings. The molecule has 1 heterocycles. The third-order valence-electron chi connectivity index (χ3n) is 4.55. The van der Waals surface area contributed by atoms with Gasteiger partial charge in [-0.05, 0) is 52.6 Å². The van der Waals surface area contributed by atoms with E-state index in [9.17, 15) is 10.2 Å². The van der Waals surface area contributed by atoms with E-state index in [2.05, 4.69) is 0 Å². The fourth-order valence-corrected chi connectivity index (χ4v) is 2.33. The molecule has 0 aromatic heterocycles. The summed E-state index contributed by atoms with van der Waals surface area (Å²) in [6.07, 6.45) is 0. The summed E-state index contributed by atoms with van der Waals surface area (Å²) in [5.41, 5.74) is 0.435. The molecule has 21 heavy (non-hydrogen) atoms. The van der Waals surface area contributed by atoms with Crippen molar-refractivity contribution in [3.05, 3.63) is 29.3 Å². The van der Waals surface area contributed by atoms with Gasteiger partial charge in [0.15, 0.2) is 0 Å². The van der Waals surface area contributed by atoms with Gasteiger partial charge in [-0.1, -0.05) is 23.8 Å². The van der Waals surface area contributed by atoms with Crippen molar-refractivity contribution >= 4 is 12.6 Å². The second-order valence-electron chi connectivity index (χ2n) is 7.15. The molecule has 1 aliphatic rings. The molecule has 0 amide bonds. The Labute approximate surface area is 127 Å². The fraction of sp³-hybridized carbons (Fsp3) is 0.625. The molecule has 1 saturated heterocycles. The van der Waals surface area contributed by atoms with E-state index in [1.165, 1.54) is 0 Å². The lowest BCUT2D eigenvalue weighted by atomic mass is 9.76. The van der Waals surface area contributed by atoms with Gasteiger partial charge < -0.3 is 19.5 Å². The van der Waals surface area contributed by atoms with E-state index in [0.29, 0.717) is 5.56 Å². The van der Waals surface area contributed by atoms with Crippen molar-refractivity contribution in [2.24, 2.45) is 0 Å². The van der Waals surface area contributed by atoms with Crippen LogP contribution in [-0.4, -0.2) is 35.1 Å². The predicted octanol–water partition coefficient (Wildman–Crippen LogP) is 1.49. The highest BCUT2D eigenvalue weighted by Crippen LogP contribution is 2.36. The van der Waals surface area contributed by atoms with Crippen LogP contribution in [-0.2, 0) is 14.9 Å². The predicted molar refractivity (Wildman–Crippen MR) is 83.6 cm³/mol. The van der Waals surface area contributed by atoms with Crippen LogP contribution >= 0.6 is 0 Å². The lowest BCUT2D eigenvalue weighted by molar-refractivity contribution is -0.00227. The number of hydrogen-bond acceptors (Lipinski definition) is 4. The van der Waals surface area contributed by atoms with E-state index in [1.807, 2.05) is 52.8 Å². The first-order valence-corrected chi connectivity index (χ1v) is 7.29. The van der Waals surface area contributed by atoms with Crippen LogP contribution < -0.4 is 5.46 Å². The van der Waals surface area contributed by atoms with Crippen LogP contribution in [0.4, 0.5) is 0 Å². The third kappa shape index (κ3) is 3.02. The van der Waals surface area contributed by atoms with E-state index in [1.54, 1.807) is 6.92 Å². The zero-order chi connectivity index (χ0) is 16.1. The largest absolute Gasteiger partial charge is 0.494 e. The second kappa shape index (κ2) is 5.09. The molecule has 5 heteroatoms. The molecule has 2 N–H and O–H groups in total. The Morgan fingerprint density at radius 2 is 1.62 bits per heavy atom. The zero-order valence-electron chi connectivity index (χ0n) is 13.7. The normalized spacial score (nSPS) is 23.1. The first kappa shape index (κ1) is 16.5. The Hall–Kier alpha value is -0.875. The molecule has 1 unspecified atom stereocenters. The average molecular weight is 292 g/mol. The van der Waals surface area contributed by atoms with Crippen molar-refractivity contribution in [2.75, 3.05) is 6.61 Å². The van der Waals surface area contributed by atoms with Gasteiger partial charge in [-0.25, -0.2) is 0 Å². The lowest BCUT2D eigenvalue weighted by Gasteiger charge is -2.32. The lowest BCUT2D eigenvalue weighted by Crippen LogP contribution is -2.41. The minimum Gasteiger partial charge on any atom is -0.399 e. The van der Waals surface area contributed by atoms with Crippen LogP contribution in [0.25, 0.3) is 0 Å². The fourth-order valence-electron chi connectivity index (χ4n) is 2.33. The number of aliphatic hydroxyl groups excluding tert-OH is 1. The summed E-state index contributed by atoms with van der Waals surface area (Å²) < 4.78 is 12.1. The second-order valence-corrected chi connectivity index (χ2v) is 7.15. The monoisotopic (exact) mass is 292 g/mol. The third-order valence-corrected chi connectivity index (χ3v) is 4.55. The molecule has 1 aliphatic heterocycles. The summed E-state index contributed by atoms with van der Waals surface area (Å²) in [7, 11) is -0.469. The summed E-state index contributed by atoms with van der Waals surface area (Å²) in [4.78, 5) is 0. The molecule has 0 aliphatic carbocycles. The Balaban J connectivity index is 2.39. The molecular formula is C16H25BO4. The van der Waals surface area contributed by atoms with E-state index >= 15 is 0 Å². The number of hydrogen-bond donors (Lipinski definition) is 2. The Morgan fingerprint density at radius 3 is 2.10 bits per heavy atom. The van der Waals surface area contributed by atoms with Crippen molar-refractivity contribution < 1.29 is 19.5 Å². The van der Waals surface area contributed by atoms with Crippen molar-refractivity contribution in [2.45, 2.75) is 58.3 Å². The summed E-state index contributed by atoms with van der Waals surface area (Å²) in [5.74, 6) is 0. The molecule has 2 rings (SSSR count). The first-order chi connectivity index (χ1) is 9.48. The summed E-state index contributed by atoms with van der Waals surface area (Å²) in [5, 5.41) is 19.6. The van der Waals surface area contributed by atoms with Crippen LogP contribution in [0.5, 0.6) is 0 Å². The van der Waals surface area contributed by atoms with E-state index in [-0.39, 0.29) is 6.61 Å². The minimum absolute atomic E-state index is 0.334. The Morgan fingerprint density at radius 1 is 1.10 bits per heavy atom. The van der Waals surface area contributed by atoms with Gasteiger partial charge in [0.2, 0.25) is 0 Å². The molecule has 4 nitrogen and oxygen atoms in total. The van der Waals surface area contributed by atoms with Gasteiger partial charge in [0.05, 0.1) is 17.8 Å².